The average molecular weight is 437 g/mol. The van der Waals surface area contributed by atoms with Gasteiger partial charge in [0.15, 0.2) is 0 Å². The Balaban J connectivity index is 1.33. The maximum absolute atomic E-state index is 12.8. The van der Waals surface area contributed by atoms with Gasteiger partial charge in [0.25, 0.3) is 0 Å². The molecule has 7 heteroatoms. The van der Waals surface area contributed by atoms with Crippen LogP contribution >= 0.6 is 0 Å². The fraction of sp³-hybridized carbons (Fsp3) is 0.400. The minimum absolute atomic E-state index is 0.0342. The molecule has 1 saturated heterocycles. The molecule has 1 fully saturated rings. The van der Waals surface area contributed by atoms with E-state index in [1.807, 2.05) is 24.3 Å². The first-order valence-electron chi connectivity index (χ1n) is 11.0. The summed E-state index contributed by atoms with van der Waals surface area (Å²) in [6, 6.07) is 16.2. The van der Waals surface area contributed by atoms with Gasteiger partial charge in [-0.1, -0.05) is 55.5 Å². The van der Waals surface area contributed by atoms with Gasteiger partial charge in [0.1, 0.15) is 12.1 Å². The van der Waals surface area contributed by atoms with Gasteiger partial charge in [-0.25, -0.2) is 9.59 Å². The quantitative estimate of drug-likeness (QED) is 0.721. The topological polar surface area (TPSA) is 95.9 Å². The highest BCUT2D eigenvalue weighted by Crippen LogP contribution is 2.44. The van der Waals surface area contributed by atoms with E-state index in [0.29, 0.717) is 19.4 Å². The van der Waals surface area contributed by atoms with Gasteiger partial charge >= 0.3 is 12.1 Å². The number of fused-ring (bicyclic) bond motifs is 3. The Hall–Kier alpha value is -3.35. The molecule has 2 N–H and O–H groups in total. The Morgan fingerprint density at radius 3 is 2.31 bits per heavy atom. The van der Waals surface area contributed by atoms with Gasteiger partial charge in [-0.15, -0.1) is 0 Å². The largest absolute Gasteiger partial charge is 0.480 e. The summed E-state index contributed by atoms with van der Waals surface area (Å²) >= 11 is 0. The zero-order valence-corrected chi connectivity index (χ0v) is 18.3. The van der Waals surface area contributed by atoms with Crippen LogP contribution in [-0.4, -0.2) is 53.2 Å². The molecule has 32 heavy (non-hydrogen) atoms. The van der Waals surface area contributed by atoms with Gasteiger partial charge < -0.3 is 20.1 Å². The third kappa shape index (κ3) is 3.83. The number of carboxylic acid groups (broad SMARTS) is 1. The van der Waals surface area contributed by atoms with Crippen LogP contribution < -0.4 is 5.32 Å². The summed E-state index contributed by atoms with van der Waals surface area (Å²) in [5, 5.41) is 12.2. The Bertz CT molecular complexity index is 1010. The maximum atomic E-state index is 12.8. The molecule has 1 heterocycles. The van der Waals surface area contributed by atoms with Gasteiger partial charge in [0, 0.05) is 19.0 Å². The first-order valence-corrected chi connectivity index (χ1v) is 11.0. The lowest BCUT2D eigenvalue weighted by Crippen LogP contribution is -2.53. The number of carboxylic acids is 1. The molecule has 2 atom stereocenters. The molecular weight excluding hydrogens is 408 g/mol. The minimum Gasteiger partial charge on any atom is -0.480 e. The van der Waals surface area contributed by atoms with Crippen molar-refractivity contribution in [3.05, 3.63) is 59.7 Å². The standard InChI is InChI=1S/C25H28N2O5/c1-16(22(28)27-13-7-12-25(27,2)23(29)30)14-26-24(31)32-15-21-19-10-5-3-8-17(19)18-9-4-6-11-20(18)21/h3-6,8-11,16,21H,7,12-15H2,1-2H3,(H,26,31)(H,29,30)/t16?,25-/m0/s1. The van der Waals surface area contributed by atoms with Crippen molar-refractivity contribution in [2.24, 2.45) is 5.92 Å². The van der Waals surface area contributed by atoms with Crippen molar-refractivity contribution in [2.45, 2.75) is 38.1 Å². The normalized spacial score (nSPS) is 20.4. The third-order valence-corrected chi connectivity index (χ3v) is 6.69. The van der Waals surface area contributed by atoms with Crippen LogP contribution in [0, 0.1) is 5.92 Å². The van der Waals surface area contributed by atoms with Crippen LogP contribution in [0.15, 0.2) is 48.5 Å². The van der Waals surface area contributed by atoms with E-state index in [2.05, 4.69) is 29.6 Å². The van der Waals surface area contributed by atoms with Crippen molar-refractivity contribution in [1.82, 2.24) is 10.2 Å². The molecule has 2 aromatic carbocycles. The van der Waals surface area contributed by atoms with E-state index in [-0.39, 0.29) is 25.0 Å². The Morgan fingerprint density at radius 1 is 1.12 bits per heavy atom. The Kier molecular flexibility index (Phi) is 5.91. The summed E-state index contributed by atoms with van der Waals surface area (Å²) < 4.78 is 5.51. The zero-order valence-electron chi connectivity index (χ0n) is 18.3. The van der Waals surface area contributed by atoms with Crippen LogP contribution in [0.2, 0.25) is 0 Å². The molecular formula is C25H28N2O5. The predicted octanol–water partition coefficient (Wildman–Crippen LogP) is 3.63. The van der Waals surface area contributed by atoms with Crippen LogP contribution in [-0.2, 0) is 14.3 Å². The van der Waals surface area contributed by atoms with E-state index in [1.165, 1.54) is 4.90 Å². The van der Waals surface area contributed by atoms with Crippen molar-refractivity contribution >= 4 is 18.0 Å². The number of rotatable bonds is 6. The van der Waals surface area contributed by atoms with E-state index in [4.69, 9.17) is 4.74 Å². The highest BCUT2D eigenvalue weighted by molar-refractivity contribution is 5.88. The van der Waals surface area contributed by atoms with Crippen LogP contribution in [0.4, 0.5) is 4.79 Å². The molecule has 2 amide bonds. The molecule has 168 valence electrons. The number of hydrogen-bond acceptors (Lipinski definition) is 4. The van der Waals surface area contributed by atoms with E-state index >= 15 is 0 Å². The average Bonchev–Trinajstić information content (AvgIpc) is 3.34. The number of carbonyl (C=O) groups is 3. The molecule has 0 saturated carbocycles. The summed E-state index contributed by atoms with van der Waals surface area (Å²) in [6.45, 7) is 3.96. The lowest BCUT2D eigenvalue weighted by molar-refractivity contribution is -0.156. The summed E-state index contributed by atoms with van der Waals surface area (Å²) in [5.74, 6) is -1.85. The number of likely N-dealkylation sites (tertiary alicyclic amines) is 1. The maximum Gasteiger partial charge on any atom is 0.407 e. The zero-order chi connectivity index (χ0) is 22.9. The smallest absolute Gasteiger partial charge is 0.407 e. The lowest BCUT2D eigenvalue weighted by Gasteiger charge is -2.33. The monoisotopic (exact) mass is 436 g/mol. The highest BCUT2D eigenvalue weighted by Gasteiger charge is 2.46. The molecule has 1 unspecified atom stereocenters. The van der Waals surface area contributed by atoms with Gasteiger partial charge in [-0.2, -0.15) is 0 Å². The number of nitrogens with zero attached hydrogens (tertiary/aromatic N) is 1. The number of carbonyl (C=O) groups excluding carboxylic acids is 2. The van der Waals surface area contributed by atoms with Gasteiger partial charge in [0.05, 0.1) is 5.92 Å². The van der Waals surface area contributed by atoms with E-state index in [1.54, 1.807) is 13.8 Å². The number of nitrogens with one attached hydrogen (secondary N) is 1. The summed E-state index contributed by atoms with van der Waals surface area (Å²) in [5.41, 5.74) is 3.39. The SMILES string of the molecule is CC(CNC(=O)OCC1c2ccccc2-c2ccccc21)C(=O)N1CCC[C@@]1(C)C(=O)O. The molecule has 1 aliphatic carbocycles. The molecule has 0 spiro atoms. The van der Waals surface area contributed by atoms with Crippen molar-refractivity contribution < 1.29 is 24.2 Å². The number of amides is 2. The molecule has 0 radical (unpaired) electrons. The first-order chi connectivity index (χ1) is 15.3. The predicted molar refractivity (Wildman–Crippen MR) is 119 cm³/mol. The second-order valence-corrected chi connectivity index (χ2v) is 8.78. The highest BCUT2D eigenvalue weighted by atomic mass is 16.5. The second-order valence-electron chi connectivity index (χ2n) is 8.78. The number of hydrogen-bond donors (Lipinski definition) is 2. The van der Waals surface area contributed by atoms with Crippen molar-refractivity contribution in [1.29, 1.82) is 0 Å². The Labute approximate surface area is 187 Å². The molecule has 7 nitrogen and oxygen atoms in total. The van der Waals surface area contributed by atoms with Crippen molar-refractivity contribution in [2.75, 3.05) is 19.7 Å². The third-order valence-electron chi connectivity index (χ3n) is 6.69. The van der Waals surface area contributed by atoms with Gasteiger partial charge in [-0.05, 0) is 42.0 Å². The molecule has 0 aromatic heterocycles. The van der Waals surface area contributed by atoms with Gasteiger partial charge in [-0.3, -0.25) is 4.79 Å². The first kappa shape index (κ1) is 21.9. The number of ether oxygens (including phenoxy) is 1. The number of benzene rings is 2. The lowest BCUT2D eigenvalue weighted by atomic mass is 9.98. The molecule has 2 aliphatic rings. The Morgan fingerprint density at radius 2 is 1.72 bits per heavy atom. The van der Waals surface area contributed by atoms with E-state index in [9.17, 15) is 19.5 Å². The van der Waals surface area contributed by atoms with Crippen molar-refractivity contribution in [3.63, 3.8) is 0 Å². The van der Waals surface area contributed by atoms with Crippen molar-refractivity contribution in [3.8, 4) is 11.1 Å². The number of alkyl carbamates (subject to hydrolysis) is 1. The van der Waals surface area contributed by atoms with Crippen LogP contribution in [0.5, 0.6) is 0 Å². The fourth-order valence-electron chi connectivity index (χ4n) is 4.78. The molecule has 4 rings (SSSR count). The fourth-order valence-corrected chi connectivity index (χ4v) is 4.78. The molecule has 0 bridgehead atoms. The second kappa shape index (κ2) is 8.65. The molecule has 1 aliphatic heterocycles. The van der Waals surface area contributed by atoms with Gasteiger partial charge in [0.2, 0.25) is 5.91 Å². The van der Waals surface area contributed by atoms with E-state index < -0.39 is 23.5 Å². The summed E-state index contributed by atoms with van der Waals surface area (Å²) in [6.07, 6.45) is 0.496. The molecule has 2 aromatic rings. The van der Waals surface area contributed by atoms with Crippen LogP contribution in [0.1, 0.15) is 43.7 Å². The van der Waals surface area contributed by atoms with E-state index in [0.717, 1.165) is 22.3 Å². The summed E-state index contributed by atoms with van der Waals surface area (Å²) in [7, 11) is 0. The summed E-state index contributed by atoms with van der Waals surface area (Å²) in [4.78, 5) is 38.2. The van der Waals surface area contributed by atoms with Crippen LogP contribution in [0.25, 0.3) is 11.1 Å². The minimum atomic E-state index is -1.19. The van der Waals surface area contributed by atoms with Crippen LogP contribution in [0.3, 0.4) is 0 Å². The number of aliphatic carboxylic acids is 1.